The zero-order chi connectivity index (χ0) is 16.8. The third-order valence-electron chi connectivity index (χ3n) is 3.59. The van der Waals surface area contributed by atoms with Crippen molar-refractivity contribution in [1.82, 2.24) is 19.7 Å². The minimum absolute atomic E-state index is 0.0109. The molecule has 0 aliphatic heterocycles. The Kier molecular flexibility index (Phi) is 6.04. The molecule has 0 unspecified atom stereocenters. The number of hydrogen-bond acceptors (Lipinski definition) is 4. The average Bonchev–Trinajstić information content (AvgIpc) is 2.88. The van der Waals surface area contributed by atoms with Crippen LogP contribution in [0.5, 0.6) is 0 Å². The van der Waals surface area contributed by atoms with E-state index >= 15 is 0 Å². The number of rotatable bonds is 7. The van der Waals surface area contributed by atoms with Crippen molar-refractivity contribution < 1.29 is 4.79 Å². The third-order valence-corrected chi connectivity index (χ3v) is 4.55. The lowest BCUT2D eigenvalue weighted by Gasteiger charge is -2.18. The molecular weight excluding hydrogens is 312 g/mol. The Morgan fingerprint density at radius 1 is 1.39 bits per heavy atom. The first-order valence-electron chi connectivity index (χ1n) is 7.59. The van der Waals surface area contributed by atoms with Crippen LogP contribution in [0.15, 0.2) is 34.2 Å². The molecule has 6 nitrogen and oxygen atoms in total. The molecule has 1 heterocycles. The standard InChI is InChI=1S/C16H22N4O2S/c1-4-9-20-15(22)17-18-16(20)23-11-14(21)19(3)10-13-8-6-5-7-12(13)2/h5-8H,4,9-11H2,1-3H3,(H,17,22). The number of aryl methyl sites for hydroxylation is 1. The van der Waals surface area contributed by atoms with Crippen LogP contribution in [0.4, 0.5) is 0 Å². The molecule has 2 aromatic rings. The summed E-state index contributed by atoms with van der Waals surface area (Å²) in [7, 11) is 1.79. The van der Waals surface area contributed by atoms with E-state index in [0.717, 1.165) is 12.0 Å². The normalized spacial score (nSPS) is 10.7. The molecule has 0 saturated heterocycles. The molecule has 0 radical (unpaired) electrons. The van der Waals surface area contributed by atoms with Crippen LogP contribution < -0.4 is 5.69 Å². The number of hydrogen-bond donors (Lipinski definition) is 1. The Labute approximate surface area is 139 Å². The van der Waals surface area contributed by atoms with Crippen LogP contribution in [0.25, 0.3) is 0 Å². The lowest BCUT2D eigenvalue weighted by Crippen LogP contribution is -2.28. The lowest BCUT2D eigenvalue weighted by atomic mass is 10.1. The first-order valence-corrected chi connectivity index (χ1v) is 8.58. The number of carbonyl (C=O) groups excluding carboxylic acids is 1. The fourth-order valence-electron chi connectivity index (χ4n) is 2.20. The van der Waals surface area contributed by atoms with Gasteiger partial charge >= 0.3 is 5.69 Å². The highest BCUT2D eigenvalue weighted by Crippen LogP contribution is 2.15. The Balaban J connectivity index is 1.94. The fraction of sp³-hybridized carbons (Fsp3) is 0.438. The predicted octanol–water partition coefficient (Wildman–Crippen LogP) is 2.04. The average molecular weight is 334 g/mol. The zero-order valence-electron chi connectivity index (χ0n) is 13.7. The highest BCUT2D eigenvalue weighted by molar-refractivity contribution is 7.99. The van der Waals surface area contributed by atoms with Gasteiger partial charge in [-0.25, -0.2) is 9.89 Å². The second-order valence-corrected chi connectivity index (χ2v) is 6.37. The van der Waals surface area contributed by atoms with Crippen molar-refractivity contribution >= 4 is 17.7 Å². The lowest BCUT2D eigenvalue weighted by molar-refractivity contribution is -0.127. The molecule has 1 N–H and O–H groups in total. The van der Waals surface area contributed by atoms with Gasteiger partial charge in [0.25, 0.3) is 0 Å². The molecule has 1 aromatic carbocycles. The third kappa shape index (κ3) is 4.48. The van der Waals surface area contributed by atoms with Gasteiger partial charge in [-0.05, 0) is 24.5 Å². The molecule has 0 spiro atoms. The van der Waals surface area contributed by atoms with E-state index in [-0.39, 0.29) is 17.3 Å². The van der Waals surface area contributed by atoms with E-state index in [2.05, 4.69) is 10.2 Å². The molecule has 7 heteroatoms. The van der Waals surface area contributed by atoms with Gasteiger partial charge in [-0.1, -0.05) is 43.0 Å². The monoisotopic (exact) mass is 334 g/mol. The Morgan fingerprint density at radius 3 is 2.83 bits per heavy atom. The van der Waals surface area contributed by atoms with Crippen LogP contribution >= 0.6 is 11.8 Å². The number of carbonyl (C=O) groups is 1. The van der Waals surface area contributed by atoms with Gasteiger partial charge in [-0.2, -0.15) is 0 Å². The first kappa shape index (κ1) is 17.3. The van der Waals surface area contributed by atoms with Crippen molar-refractivity contribution in [2.24, 2.45) is 0 Å². The molecular formula is C16H22N4O2S. The summed E-state index contributed by atoms with van der Waals surface area (Å²) in [6.45, 7) is 5.21. The van der Waals surface area contributed by atoms with Crippen molar-refractivity contribution in [3.05, 3.63) is 45.9 Å². The minimum atomic E-state index is -0.227. The molecule has 0 saturated carbocycles. The Morgan fingerprint density at radius 2 is 2.13 bits per heavy atom. The molecule has 1 aromatic heterocycles. The molecule has 0 atom stereocenters. The van der Waals surface area contributed by atoms with Crippen LogP contribution in [-0.2, 0) is 17.9 Å². The smallest absolute Gasteiger partial charge is 0.341 e. The summed E-state index contributed by atoms with van der Waals surface area (Å²) in [5.41, 5.74) is 2.08. The molecule has 124 valence electrons. The number of nitrogens with zero attached hydrogens (tertiary/aromatic N) is 3. The van der Waals surface area contributed by atoms with Crippen molar-refractivity contribution in [1.29, 1.82) is 0 Å². The zero-order valence-corrected chi connectivity index (χ0v) is 14.5. The van der Waals surface area contributed by atoms with Gasteiger partial charge in [0.2, 0.25) is 5.91 Å². The molecule has 0 bridgehead atoms. The van der Waals surface area contributed by atoms with Gasteiger partial charge < -0.3 is 4.90 Å². The SMILES string of the molecule is CCCn1c(SCC(=O)N(C)Cc2ccccc2C)n[nH]c1=O. The summed E-state index contributed by atoms with van der Waals surface area (Å²) in [5, 5.41) is 6.98. The summed E-state index contributed by atoms with van der Waals surface area (Å²) in [6, 6.07) is 8.03. The van der Waals surface area contributed by atoms with Gasteiger partial charge in [0.15, 0.2) is 5.16 Å². The fourth-order valence-corrected chi connectivity index (χ4v) is 3.12. The highest BCUT2D eigenvalue weighted by atomic mass is 32.2. The number of H-pyrrole nitrogens is 1. The summed E-state index contributed by atoms with van der Waals surface area (Å²) in [6.07, 6.45) is 0.841. The molecule has 1 amide bonds. The summed E-state index contributed by atoms with van der Waals surface area (Å²) >= 11 is 1.29. The minimum Gasteiger partial charge on any atom is -0.341 e. The highest BCUT2D eigenvalue weighted by Gasteiger charge is 2.14. The van der Waals surface area contributed by atoms with Crippen molar-refractivity contribution in [2.45, 2.75) is 38.5 Å². The molecule has 23 heavy (non-hydrogen) atoms. The molecule has 0 fully saturated rings. The number of thioether (sulfide) groups is 1. The number of amides is 1. The number of nitrogens with one attached hydrogen (secondary N) is 1. The van der Waals surface area contributed by atoms with E-state index in [1.165, 1.54) is 17.3 Å². The van der Waals surface area contributed by atoms with E-state index in [9.17, 15) is 9.59 Å². The Bertz CT molecular complexity index is 723. The van der Waals surface area contributed by atoms with Crippen LogP contribution in [0.3, 0.4) is 0 Å². The number of aromatic amines is 1. The maximum Gasteiger partial charge on any atom is 0.343 e. The van der Waals surface area contributed by atoms with E-state index in [4.69, 9.17) is 0 Å². The van der Waals surface area contributed by atoms with Gasteiger partial charge in [0.1, 0.15) is 0 Å². The Hall–Kier alpha value is -2.02. The number of benzene rings is 1. The molecule has 2 rings (SSSR count). The van der Waals surface area contributed by atoms with Crippen molar-refractivity contribution in [2.75, 3.05) is 12.8 Å². The summed E-state index contributed by atoms with van der Waals surface area (Å²) in [4.78, 5) is 25.6. The van der Waals surface area contributed by atoms with Crippen LogP contribution in [0.2, 0.25) is 0 Å². The van der Waals surface area contributed by atoms with Crippen molar-refractivity contribution in [3.63, 3.8) is 0 Å². The van der Waals surface area contributed by atoms with Crippen LogP contribution in [-0.4, -0.2) is 38.4 Å². The topological polar surface area (TPSA) is 71.0 Å². The first-order chi connectivity index (χ1) is 11.0. The second kappa shape index (κ2) is 8.01. The maximum atomic E-state index is 12.3. The van der Waals surface area contributed by atoms with Crippen molar-refractivity contribution in [3.8, 4) is 0 Å². The van der Waals surface area contributed by atoms with Gasteiger partial charge in [-0.3, -0.25) is 9.36 Å². The molecule has 0 aliphatic carbocycles. The molecule has 0 aliphatic rings. The van der Waals surface area contributed by atoms with Gasteiger partial charge in [-0.15, -0.1) is 5.10 Å². The van der Waals surface area contributed by atoms with Crippen LogP contribution in [0.1, 0.15) is 24.5 Å². The summed E-state index contributed by atoms with van der Waals surface area (Å²) in [5.74, 6) is 0.271. The van der Waals surface area contributed by atoms with Crippen LogP contribution in [0, 0.1) is 6.92 Å². The van der Waals surface area contributed by atoms with Gasteiger partial charge in [0, 0.05) is 20.1 Å². The number of aromatic nitrogens is 3. The van der Waals surface area contributed by atoms with E-state index in [1.54, 1.807) is 16.5 Å². The quantitative estimate of drug-likeness (QED) is 0.787. The van der Waals surface area contributed by atoms with E-state index in [0.29, 0.717) is 18.2 Å². The van der Waals surface area contributed by atoms with E-state index in [1.807, 2.05) is 38.1 Å². The maximum absolute atomic E-state index is 12.3. The largest absolute Gasteiger partial charge is 0.343 e. The predicted molar refractivity (Wildman–Crippen MR) is 91.5 cm³/mol. The van der Waals surface area contributed by atoms with E-state index < -0.39 is 0 Å². The van der Waals surface area contributed by atoms with Gasteiger partial charge in [0.05, 0.1) is 5.75 Å². The second-order valence-electron chi connectivity index (χ2n) is 5.43. The summed E-state index contributed by atoms with van der Waals surface area (Å²) < 4.78 is 1.57.